The lowest BCUT2D eigenvalue weighted by atomic mass is 10.2. The molecule has 138 valence electrons. The number of ether oxygens (including phenoxy) is 2. The van der Waals surface area contributed by atoms with Gasteiger partial charge in [0.15, 0.2) is 17.3 Å². The molecule has 4 rings (SSSR count). The molecule has 0 saturated carbocycles. The van der Waals surface area contributed by atoms with Crippen LogP contribution in [0.25, 0.3) is 21.9 Å². The minimum atomic E-state index is 0.683. The van der Waals surface area contributed by atoms with Gasteiger partial charge in [0.2, 0.25) is 0 Å². The van der Waals surface area contributed by atoms with Gasteiger partial charge >= 0.3 is 0 Å². The number of nitrogens with zero attached hydrogens (tertiary/aromatic N) is 3. The van der Waals surface area contributed by atoms with Gasteiger partial charge in [0.1, 0.15) is 17.4 Å². The van der Waals surface area contributed by atoms with Crippen molar-refractivity contribution in [2.24, 2.45) is 0 Å². The van der Waals surface area contributed by atoms with E-state index in [9.17, 15) is 0 Å². The highest BCUT2D eigenvalue weighted by atomic mass is 16.5. The molecule has 0 radical (unpaired) electrons. The number of rotatable bonds is 6. The number of hydrogen-bond acceptors (Lipinski definition) is 5. The van der Waals surface area contributed by atoms with Gasteiger partial charge < -0.3 is 19.4 Å². The van der Waals surface area contributed by atoms with Crippen molar-refractivity contribution in [3.63, 3.8) is 0 Å². The maximum atomic E-state index is 5.45. The van der Waals surface area contributed by atoms with Crippen LogP contribution in [0.15, 0.2) is 48.8 Å². The maximum Gasteiger partial charge on any atom is 0.162 e. The molecule has 0 aliphatic heterocycles. The van der Waals surface area contributed by atoms with Gasteiger partial charge in [0, 0.05) is 24.5 Å². The normalized spacial score (nSPS) is 11.1. The fraction of sp³-hybridized carbons (Fsp3) is 0.238. The average molecular weight is 362 g/mol. The van der Waals surface area contributed by atoms with E-state index in [2.05, 4.69) is 51.0 Å². The minimum Gasteiger partial charge on any atom is -0.493 e. The van der Waals surface area contributed by atoms with E-state index in [0.717, 1.165) is 40.8 Å². The van der Waals surface area contributed by atoms with Gasteiger partial charge in [-0.2, -0.15) is 0 Å². The molecule has 6 nitrogen and oxygen atoms in total. The molecule has 0 aliphatic carbocycles. The first-order valence-corrected chi connectivity index (χ1v) is 8.92. The molecule has 6 heteroatoms. The molecule has 0 amide bonds. The predicted octanol–water partition coefficient (Wildman–Crippen LogP) is 4.15. The number of hydrogen-bond donors (Lipinski definition) is 1. The fourth-order valence-corrected chi connectivity index (χ4v) is 3.39. The van der Waals surface area contributed by atoms with Gasteiger partial charge in [-0.15, -0.1) is 0 Å². The summed E-state index contributed by atoms with van der Waals surface area (Å²) in [5.74, 6) is 2.26. The van der Waals surface area contributed by atoms with Crippen molar-refractivity contribution in [2.45, 2.75) is 13.5 Å². The summed E-state index contributed by atoms with van der Waals surface area (Å²) in [5.41, 5.74) is 3.98. The molecule has 2 aromatic carbocycles. The summed E-state index contributed by atoms with van der Waals surface area (Å²) in [7, 11) is 3.27. The number of methoxy groups -OCH3 is 2. The number of nitrogens with one attached hydrogen (secondary N) is 1. The zero-order valence-corrected chi connectivity index (χ0v) is 15.7. The van der Waals surface area contributed by atoms with Crippen LogP contribution in [0, 0.1) is 0 Å². The lowest BCUT2D eigenvalue weighted by Gasteiger charge is -2.22. The van der Waals surface area contributed by atoms with Crippen molar-refractivity contribution in [3.8, 4) is 11.5 Å². The summed E-state index contributed by atoms with van der Waals surface area (Å²) in [4.78, 5) is 14.8. The van der Waals surface area contributed by atoms with Crippen LogP contribution in [0.5, 0.6) is 11.5 Å². The zero-order chi connectivity index (χ0) is 18.8. The van der Waals surface area contributed by atoms with Crippen LogP contribution in [0.1, 0.15) is 12.5 Å². The molecule has 0 saturated heterocycles. The van der Waals surface area contributed by atoms with E-state index in [4.69, 9.17) is 9.47 Å². The monoisotopic (exact) mass is 362 g/mol. The van der Waals surface area contributed by atoms with Crippen LogP contribution in [-0.4, -0.2) is 35.7 Å². The highest BCUT2D eigenvalue weighted by Gasteiger charge is 2.17. The van der Waals surface area contributed by atoms with Crippen LogP contribution >= 0.6 is 0 Å². The first-order chi connectivity index (χ1) is 13.2. The van der Waals surface area contributed by atoms with E-state index in [1.807, 2.05) is 18.2 Å². The van der Waals surface area contributed by atoms with Crippen molar-refractivity contribution < 1.29 is 9.47 Å². The number of aromatic nitrogens is 3. The molecule has 0 bridgehead atoms. The van der Waals surface area contributed by atoms with Crippen LogP contribution < -0.4 is 14.4 Å². The molecule has 4 aromatic rings. The van der Waals surface area contributed by atoms with Gasteiger partial charge in [0.25, 0.3) is 0 Å². The Bertz CT molecular complexity index is 1080. The second-order valence-corrected chi connectivity index (χ2v) is 6.30. The quantitative estimate of drug-likeness (QED) is 0.558. The van der Waals surface area contributed by atoms with E-state index in [1.54, 1.807) is 20.5 Å². The standard InChI is InChI=1S/C21H22N4O2/c1-4-25(12-14-8-6-5-7-9-14)21-20-19(22-13-23-21)15-10-17(26-2)18(27-3)11-16(15)24-20/h5-11,13,24H,4,12H2,1-3H3. The number of fused-ring (bicyclic) bond motifs is 3. The number of benzene rings is 2. The third-order valence-corrected chi connectivity index (χ3v) is 4.76. The van der Waals surface area contributed by atoms with Crippen LogP contribution in [-0.2, 0) is 6.54 Å². The van der Waals surface area contributed by atoms with Crippen molar-refractivity contribution in [1.82, 2.24) is 15.0 Å². The Labute approximate surface area is 157 Å². The summed E-state index contributed by atoms with van der Waals surface area (Å²) in [6.45, 7) is 3.75. The van der Waals surface area contributed by atoms with E-state index < -0.39 is 0 Å². The second kappa shape index (κ2) is 7.15. The Balaban J connectivity index is 1.85. The van der Waals surface area contributed by atoms with Crippen molar-refractivity contribution in [2.75, 3.05) is 25.7 Å². The molecule has 2 aromatic heterocycles. The van der Waals surface area contributed by atoms with Gasteiger partial charge in [-0.1, -0.05) is 30.3 Å². The molecule has 27 heavy (non-hydrogen) atoms. The highest BCUT2D eigenvalue weighted by Crippen LogP contribution is 2.37. The molecule has 0 fully saturated rings. The Morgan fingerprint density at radius 2 is 1.74 bits per heavy atom. The van der Waals surface area contributed by atoms with E-state index >= 15 is 0 Å². The Morgan fingerprint density at radius 1 is 1.00 bits per heavy atom. The minimum absolute atomic E-state index is 0.683. The van der Waals surface area contributed by atoms with Gasteiger partial charge in [-0.25, -0.2) is 9.97 Å². The molecule has 0 spiro atoms. The third-order valence-electron chi connectivity index (χ3n) is 4.76. The Kier molecular flexibility index (Phi) is 4.54. The van der Waals surface area contributed by atoms with Crippen molar-refractivity contribution in [1.29, 1.82) is 0 Å². The van der Waals surface area contributed by atoms with Crippen molar-refractivity contribution >= 4 is 27.8 Å². The van der Waals surface area contributed by atoms with Crippen LogP contribution in [0.3, 0.4) is 0 Å². The molecule has 2 heterocycles. The molecule has 0 unspecified atom stereocenters. The van der Waals surface area contributed by atoms with E-state index in [1.165, 1.54) is 5.56 Å². The summed E-state index contributed by atoms with van der Waals surface area (Å²) < 4.78 is 10.9. The van der Waals surface area contributed by atoms with E-state index in [-0.39, 0.29) is 0 Å². The van der Waals surface area contributed by atoms with Gasteiger partial charge in [-0.3, -0.25) is 0 Å². The first kappa shape index (κ1) is 17.1. The largest absolute Gasteiger partial charge is 0.493 e. The number of H-pyrrole nitrogens is 1. The maximum absolute atomic E-state index is 5.45. The smallest absolute Gasteiger partial charge is 0.162 e. The summed E-state index contributed by atoms with van der Waals surface area (Å²) >= 11 is 0. The van der Waals surface area contributed by atoms with Crippen LogP contribution in [0.4, 0.5) is 5.82 Å². The predicted molar refractivity (Wildman–Crippen MR) is 108 cm³/mol. The zero-order valence-electron chi connectivity index (χ0n) is 15.7. The summed E-state index contributed by atoms with van der Waals surface area (Å²) in [6.07, 6.45) is 1.62. The summed E-state index contributed by atoms with van der Waals surface area (Å²) in [5, 5.41) is 0.988. The van der Waals surface area contributed by atoms with Crippen molar-refractivity contribution in [3.05, 3.63) is 54.4 Å². The molecule has 0 atom stereocenters. The van der Waals surface area contributed by atoms with E-state index in [0.29, 0.717) is 11.5 Å². The topological polar surface area (TPSA) is 63.3 Å². The average Bonchev–Trinajstić information content (AvgIpc) is 3.09. The molecular formula is C21H22N4O2. The lowest BCUT2D eigenvalue weighted by Crippen LogP contribution is -2.23. The molecule has 0 aliphatic rings. The Hall–Kier alpha value is -3.28. The lowest BCUT2D eigenvalue weighted by molar-refractivity contribution is 0.356. The first-order valence-electron chi connectivity index (χ1n) is 8.92. The second-order valence-electron chi connectivity index (χ2n) is 6.30. The SMILES string of the molecule is CCN(Cc1ccccc1)c1ncnc2c1[nH]c1cc(OC)c(OC)cc12. The fourth-order valence-electron chi connectivity index (χ4n) is 3.39. The van der Waals surface area contributed by atoms with Crippen LogP contribution in [0.2, 0.25) is 0 Å². The third kappa shape index (κ3) is 3.03. The van der Waals surface area contributed by atoms with Gasteiger partial charge in [0.05, 0.1) is 19.7 Å². The summed E-state index contributed by atoms with van der Waals surface area (Å²) in [6, 6.07) is 14.3. The molecular weight excluding hydrogens is 340 g/mol. The van der Waals surface area contributed by atoms with Gasteiger partial charge in [-0.05, 0) is 18.6 Å². The number of anilines is 1. The molecule has 1 N–H and O–H groups in total. The Morgan fingerprint density at radius 3 is 2.44 bits per heavy atom. The number of aromatic amines is 1. The highest BCUT2D eigenvalue weighted by molar-refractivity contribution is 6.09.